The molecule has 2 aliphatic rings. The van der Waals surface area contributed by atoms with E-state index >= 15 is 0 Å². The second-order valence-electron chi connectivity index (χ2n) is 6.41. The molecule has 2 N–H and O–H groups in total. The Kier molecular flexibility index (Phi) is 4.73. The van der Waals surface area contributed by atoms with Gasteiger partial charge in [-0.15, -0.1) is 0 Å². The van der Waals surface area contributed by atoms with Gasteiger partial charge in [-0.05, 0) is 18.3 Å². The summed E-state index contributed by atoms with van der Waals surface area (Å²) >= 11 is 0. The van der Waals surface area contributed by atoms with Crippen molar-refractivity contribution in [3.63, 3.8) is 0 Å². The lowest BCUT2D eigenvalue weighted by molar-refractivity contribution is -0.149. The van der Waals surface area contributed by atoms with Gasteiger partial charge in [-0.25, -0.2) is 9.59 Å². The van der Waals surface area contributed by atoms with Crippen LogP contribution in [0.1, 0.15) is 26.7 Å². The number of nitrogens with zero attached hydrogens (tertiary/aromatic N) is 2. The Balaban J connectivity index is 2.21. The van der Waals surface area contributed by atoms with Crippen molar-refractivity contribution in [3.8, 4) is 0 Å². The number of aliphatic carboxylic acids is 1. The number of morpholine rings is 1. The van der Waals surface area contributed by atoms with Gasteiger partial charge < -0.3 is 24.7 Å². The number of hydrogen-bond donors (Lipinski definition) is 2. The highest BCUT2D eigenvalue weighted by molar-refractivity contribution is 5.84. The molecule has 21 heavy (non-hydrogen) atoms. The van der Waals surface area contributed by atoms with Gasteiger partial charge in [0.25, 0.3) is 0 Å². The van der Waals surface area contributed by atoms with E-state index in [1.165, 1.54) is 4.90 Å². The van der Waals surface area contributed by atoms with E-state index in [0.717, 1.165) is 12.8 Å². The summed E-state index contributed by atoms with van der Waals surface area (Å²) < 4.78 is 5.27. The SMILES string of the molecule is CC1(C)CCCN(C(=O)N2CCOCC2CO)C1C(=O)O. The van der Waals surface area contributed by atoms with E-state index in [0.29, 0.717) is 19.7 Å². The standard InChI is InChI=1S/C14H24N2O5/c1-14(2)4-3-5-16(11(14)12(18)19)13(20)15-6-7-21-9-10(15)8-17/h10-11,17H,3-9H2,1-2H3,(H,18,19). The highest BCUT2D eigenvalue weighted by Crippen LogP contribution is 2.36. The molecule has 120 valence electrons. The Labute approximate surface area is 124 Å². The third-order valence-corrected chi connectivity index (χ3v) is 4.44. The van der Waals surface area contributed by atoms with Crippen molar-refractivity contribution < 1.29 is 24.5 Å². The molecule has 0 aliphatic carbocycles. The van der Waals surface area contributed by atoms with Gasteiger partial charge >= 0.3 is 12.0 Å². The number of amides is 2. The number of likely N-dealkylation sites (tertiary alicyclic amines) is 1. The highest BCUT2D eigenvalue weighted by Gasteiger charge is 2.46. The summed E-state index contributed by atoms with van der Waals surface area (Å²) in [6, 6.07) is -1.54. The van der Waals surface area contributed by atoms with Crippen LogP contribution in [0.5, 0.6) is 0 Å². The van der Waals surface area contributed by atoms with E-state index in [1.807, 2.05) is 13.8 Å². The lowest BCUT2D eigenvalue weighted by Crippen LogP contribution is -2.62. The molecule has 0 bridgehead atoms. The van der Waals surface area contributed by atoms with Crippen molar-refractivity contribution in [2.75, 3.05) is 32.9 Å². The molecule has 2 unspecified atom stereocenters. The van der Waals surface area contributed by atoms with Crippen LogP contribution in [0.3, 0.4) is 0 Å². The summed E-state index contributed by atoms with van der Waals surface area (Å²) in [7, 11) is 0. The predicted octanol–water partition coefficient (Wildman–Crippen LogP) is 0.375. The van der Waals surface area contributed by atoms with Crippen LogP contribution in [0, 0.1) is 5.41 Å². The fourth-order valence-electron chi connectivity index (χ4n) is 3.29. The average Bonchev–Trinajstić information content (AvgIpc) is 2.44. The van der Waals surface area contributed by atoms with Crippen LogP contribution in [0.25, 0.3) is 0 Å². The van der Waals surface area contributed by atoms with Gasteiger partial charge in [0, 0.05) is 13.1 Å². The molecule has 2 atom stereocenters. The molecular formula is C14H24N2O5. The first-order valence-electron chi connectivity index (χ1n) is 7.37. The Hall–Kier alpha value is -1.34. The minimum absolute atomic E-state index is 0.180. The fourth-order valence-corrected chi connectivity index (χ4v) is 3.29. The van der Waals surface area contributed by atoms with Crippen LogP contribution in [-0.4, -0.2) is 77.0 Å². The molecule has 2 saturated heterocycles. The minimum atomic E-state index is -0.971. The summed E-state index contributed by atoms with van der Waals surface area (Å²) in [6.45, 7) is 5.11. The first kappa shape index (κ1) is 16.0. The van der Waals surface area contributed by atoms with Crippen LogP contribution in [0.4, 0.5) is 4.79 Å². The van der Waals surface area contributed by atoms with E-state index in [4.69, 9.17) is 4.74 Å². The van der Waals surface area contributed by atoms with Crippen molar-refractivity contribution in [1.29, 1.82) is 0 Å². The average molecular weight is 300 g/mol. The van der Waals surface area contributed by atoms with Crippen molar-refractivity contribution in [3.05, 3.63) is 0 Å². The zero-order valence-corrected chi connectivity index (χ0v) is 12.6. The Morgan fingerprint density at radius 2 is 2.00 bits per heavy atom. The molecule has 2 amide bonds. The Morgan fingerprint density at radius 1 is 1.29 bits per heavy atom. The molecule has 2 heterocycles. The molecule has 2 fully saturated rings. The smallest absolute Gasteiger partial charge is 0.327 e. The second kappa shape index (κ2) is 6.19. The predicted molar refractivity (Wildman–Crippen MR) is 74.9 cm³/mol. The van der Waals surface area contributed by atoms with Gasteiger partial charge in [-0.3, -0.25) is 0 Å². The number of piperidine rings is 1. The van der Waals surface area contributed by atoms with Gasteiger partial charge in [0.2, 0.25) is 0 Å². The fraction of sp³-hybridized carbons (Fsp3) is 0.857. The molecule has 7 heteroatoms. The third-order valence-electron chi connectivity index (χ3n) is 4.44. The van der Waals surface area contributed by atoms with Crippen LogP contribution >= 0.6 is 0 Å². The van der Waals surface area contributed by atoms with Crippen molar-refractivity contribution in [2.24, 2.45) is 5.41 Å². The summed E-state index contributed by atoms with van der Waals surface area (Å²) in [5.41, 5.74) is -0.458. The molecule has 0 aromatic heterocycles. The van der Waals surface area contributed by atoms with Gasteiger partial charge in [-0.1, -0.05) is 13.8 Å². The van der Waals surface area contributed by atoms with E-state index in [9.17, 15) is 19.8 Å². The number of carbonyl (C=O) groups is 2. The normalized spacial score (nSPS) is 29.3. The lowest BCUT2D eigenvalue weighted by Gasteiger charge is -2.47. The number of carbonyl (C=O) groups excluding carboxylic acids is 1. The number of aliphatic hydroxyl groups excluding tert-OH is 1. The topological polar surface area (TPSA) is 90.3 Å². The molecule has 2 aliphatic heterocycles. The monoisotopic (exact) mass is 300 g/mol. The number of carboxylic acid groups (broad SMARTS) is 1. The molecule has 0 saturated carbocycles. The number of urea groups is 1. The van der Waals surface area contributed by atoms with Gasteiger partial charge in [0.05, 0.1) is 25.9 Å². The van der Waals surface area contributed by atoms with Crippen LogP contribution < -0.4 is 0 Å². The zero-order chi connectivity index (χ0) is 15.6. The number of carboxylic acids is 1. The second-order valence-corrected chi connectivity index (χ2v) is 6.41. The van der Waals surface area contributed by atoms with Crippen molar-refractivity contribution in [2.45, 2.75) is 38.8 Å². The maximum absolute atomic E-state index is 12.7. The summed E-state index contributed by atoms with van der Waals surface area (Å²) in [5.74, 6) is -0.971. The third kappa shape index (κ3) is 3.13. The minimum Gasteiger partial charge on any atom is -0.480 e. The largest absolute Gasteiger partial charge is 0.480 e. The molecule has 0 radical (unpaired) electrons. The van der Waals surface area contributed by atoms with Crippen molar-refractivity contribution in [1.82, 2.24) is 9.80 Å². The maximum Gasteiger partial charge on any atom is 0.327 e. The maximum atomic E-state index is 12.7. The van der Waals surface area contributed by atoms with E-state index in [-0.39, 0.29) is 19.2 Å². The Morgan fingerprint density at radius 3 is 2.62 bits per heavy atom. The van der Waals surface area contributed by atoms with E-state index in [1.54, 1.807) is 4.90 Å². The molecule has 0 aromatic carbocycles. The van der Waals surface area contributed by atoms with E-state index < -0.39 is 23.5 Å². The number of hydrogen-bond acceptors (Lipinski definition) is 4. The van der Waals surface area contributed by atoms with Crippen LogP contribution in [0.15, 0.2) is 0 Å². The summed E-state index contributed by atoms with van der Waals surface area (Å²) in [5, 5.41) is 18.9. The van der Waals surface area contributed by atoms with Gasteiger partial charge in [-0.2, -0.15) is 0 Å². The number of rotatable bonds is 2. The molecule has 2 rings (SSSR count). The van der Waals surface area contributed by atoms with E-state index in [2.05, 4.69) is 0 Å². The molecule has 0 aromatic rings. The number of ether oxygens (including phenoxy) is 1. The van der Waals surface area contributed by atoms with Crippen LogP contribution in [0.2, 0.25) is 0 Å². The highest BCUT2D eigenvalue weighted by atomic mass is 16.5. The molecule has 0 spiro atoms. The van der Waals surface area contributed by atoms with Gasteiger partial charge in [0.1, 0.15) is 6.04 Å². The Bertz CT molecular complexity index is 412. The van der Waals surface area contributed by atoms with Gasteiger partial charge in [0.15, 0.2) is 0 Å². The summed E-state index contributed by atoms with van der Waals surface area (Å²) in [6.07, 6.45) is 1.57. The summed E-state index contributed by atoms with van der Waals surface area (Å²) in [4.78, 5) is 27.4. The molecular weight excluding hydrogens is 276 g/mol. The quantitative estimate of drug-likeness (QED) is 0.769. The zero-order valence-electron chi connectivity index (χ0n) is 12.6. The van der Waals surface area contributed by atoms with Crippen LogP contribution in [-0.2, 0) is 9.53 Å². The first-order valence-corrected chi connectivity index (χ1v) is 7.37. The first-order chi connectivity index (χ1) is 9.88. The number of aliphatic hydroxyl groups is 1. The molecule has 7 nitrogen and oxygen atoms in total. The van der Waals surface area contributed by atoms with Crippen molar-refractivity contribution >= 4 is 12.0 Å². The lowest BCUT2D eigenvalue weighted by atomic mass is 9.76.